The first-order chi connectivity index (χ1) is 9.08. The molecule has 0 heterocycles. The zero-order chi connectivity index (χ0) is 14.1. The van der Waals surface area contributed by atoms with E-state index in [1.54, 1.807) is 0 Å². The van der Waals surface area contributed by atoms with E-state index in [1.807, 2.05) is 30.3 Å². The van der Waals surface area contributed by atoms with E-state index in [4.69, 9.17) is 14.9 Å². The Morgan fingerprint density at radius 3 is 2.00 bits per heavy atom. The highest BCUT2D eigenvalue weighted by Crippen LogP contribution is 2.05. The van der Waals surface area contributed by atoms with Crippen molar-refractivity contribution >= 4 is 12.3 Å². The zero-order valence-corrected chi connectivity index (χ0v) is 10.0. The molecule has 1 aromatic carbocycles. The third-order valence-corrected chi connectivity index (χ3v) is 2.11. The highest BCUT2D eigenvalue weighted by Gasteiger charge is 2.15. The number of carbonyl (C=O) groups is 2. The average Bonchev–Trinajstić information content (AvgIpc) is 2.38. The molecule has 104 valence electrons. The summed E-state index contributed by atoms with van der Waals surface area (Å²) in [7, 11) is 0. The number of hydrogen-bond acceptors (Lipinski definition) is 5. The Kier molecular flexibility index (Phi) is 6.17. The molecule has 0 bridgehead atoms. The Morgan fingerprint density at radius 2 is 1.53 bits per heavy atom. The number of ether oxygens (including phenoxy) is 3. The van der Waals surface area contributed by atoms with Gasteiger partial charge in [-0.05, 0) is 5.56 Å². The Labute approximate surface area is 109 Å². The zero-order valence-electron chi connectivity index (χ0n) is 10.0. The minimum Gasteiger partial charge on any atom is -0.450 e. The largest absolute Gasteiger partial charge is 0.505 e. The molecule has 19 heavy (non-hydrogen) atoms. The van der Waals surface area contributed by atoms with Crippen LogP contribution in [0.15, 0.2) is 30.3 Å². The van der Waals surface area contributed by atoms with E-state index in [0.29, 0.717) is 0 Å². The van der Waals surface area contributed by atoms with E-state index in [0.717, 1.165) is 5.56 Å². The van der Waals surface area contributed by atoms with Gasteiger partial charge in [0.05, 0.1) is 6.61 Å². The van der Waals surface area contributed by atoms with Crippen LogP contribution in [-0.4, -0.2) is 41.8 Å². The van der Waals surface area contributed by atoms with Crippen LogP contribution < -0.4 is 0 Å². The molecule has 0 atom stereocenters. The van der Waals surface area contributed by atoms with Gasteiger partial charge in [0, 0.05) is 0 Å². The molecule has 1 rings (SSSR count). The van der Waals surface area contributed by atoms with Crippen molar-refractivity contribution in [1.29, 1.82) is 0 Å². The molecule has 0 unspecified atom stereocenters. The summed E-state index contributed by atoms with van der Waals surface area (Å²) < 4.78 is 14.0. The van der Waals surface area contributed by atoms with Gasteiger partial charge in [0.1, 0.15) is 19.3 Å². The van der Waals surface area contributed by atoms with E-state index in [1.165, 1.54) is 0 Å². The second-order valence-corrected chi connectivity index (χ2v) is 3.57. The minimum absolute atomic E-state index is 0.206. The van der Waals surface area contributed by atoms with Gasteiger partial charge in [-0.1, -0.05) is 30.3 Å². The summed E-state index contributed by atoms with van der Waals surface area (Å²) in [5, 5.41) is 16.8. The summed E-state index contributed by atoms with van der Waals surface area (Å²) in [4.78, 5) is 20.6. The topological polar surface area (TPSA) is 102 Å². The van der Waals surface area contributed by atoms with E-state index in [9.17, 15) is 9.59 Å². The molecule has 0 fully saturated rings. The van der Waals surface area contributed by atoms with Crippen LogP contribution in [-0.2, 0) is 20.8 Å². The SMILES string of the molecule is O=C(O)OCC(COC(=O)O)OCc1ccccc1. The molecule has 0 saturated carbocycles. The molecule has 0 aliphatic carbocycles. The van der Waals surface area contributed by atoms with Crippen LogP contribution in [0.2, 0.25) is 0 Å². The average molecular weight is 270 g/mol. The van der Waals surface area contributed by atoms with Crippen molar-refractivity contribution in [3.8, 4) is 0 Å². The molecule has 0 aliphatic heterocycles. The summed E-state index contributed by atoms with van der Waals surface area (Å²) in [5.74, 6) is 0. The van der Waals surface area contributed by atoms with Gasteiger partial charge >= 0.3 is 12.3 Å². The van der Waals surface area contributed by atoms with Crippen molar-refractivity contribution < 1.29 is 34.0 Å². The third-order valence-electron chi connectivity index (χ3n) is 2.11. The minimum atomic E-state index is -1.45. The summed E-state index contributed by atoms with van der Waals surface area (Å²) in [6, 6.07) is 9.16. The van der Waals surface area contributed by atoms with E-state index in [2.05, 4.69) is 9.47 Å². The molecule has 1 aromatic rings. The smallest absolute Gasteiger partial charge is 0.450 e. The van der Waals surface area contributed by atoms with Crippen LogP contribution in [0.1, 0.15) is 5.56 Å². The fraction of sp³-hybridized carbons (Fsp3) is 0.333. The Bertz CT molecular complexity index is 386. The van der Waals surface area contributed by atoms with Gasteiger partial charge in [-0.3, -0.25) is 0 Å². The summed E-state index contributed by atoms with van der Waals surface area (Å²) >= 11 is 0. The first-order valence-corrected chi connectivity index (χ1v) is 5.45. The molecule has 2 N–H and O–H groups in total. The summed E-state index contributed by atoms with van der Waals surface area (Å²) in [5.41, 5.74) is 0.873. The van der Waals surface area contributed by atoms with Crippen LogP contribution >= 0.6 is 0 Å². The lowest BCUT2D eigenvalue weighted by Gasteiger charge is -2.16. The maximum Gasteiger partial charge on any atom is 0.505 e. The van der Waals surface area contributed by atoms with Crippen molar-refractivity contribution in [2.24, 2.45) is 0 Å². The number of carboxylic acid groups (broad SMARTS) is 2. The van der Waals surface area contributed by atoms with E-state index in [-0.39, 0.29) is 19.8 Å². The molecular weight excluding hydrogens is 256 g/mol. The maximum absolute atomic E-state index is 10.3. The molecule has 0 spiro atoms. The van der Waals surface area contributed by atoms with E-state index >= 15 is 0 Å². The van der Waals surface area contributed by atoms with Crippen molar-refractivity contribution in [2.45, 2.75) is 12.7 Å². The fourth-order valence-electron chi connectivity index (χ4n) is 1.26. The number of benzene rings is 1. The lowest BCUT2D eigenvalue weighted by atomic mass is 10.2. The maximum atomic E-state index is 10.3. The molecule has 7 heteroatoms. The predicted octanol–water partition coefficient (Wildman–Crippen LogP) is 1.96. The molecule has 0 radical (unpaired) electrons. The molecular formula is C12H14O7. The standard InChI is InChI=1S/C12H14O7/c13-11(14)18-7-10(8-19-12(15)16)17-6-9-4-2-1-3-5-9/h1-5,10H,6-8H2,(H,13,14)(H,15,16). The molecule has 7 nitrogen and oxygen atoms in total. The van der Waals surface area contributed by atoms with Crippen molar-refractivity contribution in [3.63, 3.8) is 0 Å². The van der Waals surface area contributed by atoms with Crippen molar-refractivity contribution in [1.82, 2.24) is 0 Å². The summed E-state index contributed by atoms with van der Waals surface area (Å²) in [6.07, 6.45) is -3.69. The Balaban J connectivity index is 2.43. The fourth-order valence-corrected chi connectivity index (χ4v) is 1.26. The van der Waals surface area contributed by atoms with Gasteiger partial charge in [0.2, 0.25) is 0 Å². The lowest BCUT2D eigenvalue weighted by Crippen LogP contribution is -2.27. The molecule has 0 aliphatic rings. The van der Waals surface area contributed by atoms with Crippen LogP contribution in [0, 0.1) is 0 Å². The van der Waals surface area contributed by atoms with Gasteiger partial charge in [0.15, 0.2) is 0 Å². The monoisotopic (exact) mass is 270 g/mol. The third kappa shape index (κ3) is 6.89. The highest BCUT2D eigenvalue weighted by atomic mass is 16.7. The van der Waals surface area contributed by atoms with Crippen LogP contribution in [0.4, 0.5) is 9.59 Å². The number of rotatable bonds is 7. The molecule has 0 saturated heterocycles. The number of hydrogen-bond donors (Lipinski definition) is 2. The quantitative estimate of drug-likeness (QED) is 0.730. The van der Waals surface area contributed by atoms with Crippen LogP contribution in [0.5, 0.6) is 0 Å². The van der Waals surface area contributed by atoms with Gasteiger partial charge < -0.3 is 24.4 Å². The second kappa shape index (κ2) is 7.93. The van der Waals surface area contributed by atoms with Crippen LogP contribution in [0.3, 0.4) is 0 Å². The van der Waals surface area contributed by atoms with Crippen LogP contribution in [0.25, 0.3) is 0 Å². The van der Waals surface area contributed by atoms with Crippen molar-refractivity contribution in [2.75, 3.05) is 13.2 Å². The van der Waals surface area contributed by atoms with Crippen molar-refractivity contribution in [3.05, 3.63) is 35.9 Å². The Morgan fingerprint density at radius 1 is 1.00 bits per heavy atom. The van der Waals surface area contributed by atoms with Gasteiger partial charge in [-0.2, -0.15) is 0 Å². The van der Waals surface area contributed by atoms with Gasteiger partial charge in [-0.25, -0.2) is 9.59 Å². The predicted molar refractivity (Wildman–Crippen MR) is 63.0 cm³/mol. The molecule has 0 aromatic heterocycles. The normalized spacial score (nSPS) is 10.2. The molecule has 0 amide bonds. The highest BCUT2D eigenvalue weighted by molar-refractivity contribution is 5.57. The second-order valence-electron chi connectivity index (χ2n) is 3.57. The lowest BCUT2D eigenvalue weighted by molar-refractivity contribution is -0.0493. The Hall–Kier alpha value is -2.28. The van der Waals surface area contributed by atoms with Gasteiger partial charge in [0.25, 0.3) is 0 Å². The van der Waals surface area contributed by atoms with E-state index < -0.39 is 18.4 Å². The van der Waals surface area contributed by atoms with Gasteiger partial charge in [-0.15, -0.1) is 0 Å². The first-order valence-electron chi connectivity index (χ1n) is 5.45. The summed E-state index contributed by atoms with van der Waals surface area (Å²) in [6.45, 7) is -0.387. The first kappa shape index (κ1) is 14.8.